The third-order valence-electron chi connectivity index (χ3n) is 3.69. The molecule has 0 radical (unpaired) electrons. The fraction of sp³-hybridized carbons (Fsp3) is 0.333. The van der Waals surface area contributed by atoms with Gasteiger partial charge in [0.1, 0.15) is 5.75 Å². The molecule has 0 aliphatic heterocycles. The standard InChI is InChI=1S/C15H15NO4/c1-19-11-7-4-8-12-13(11)16-14(20-12)9-5-2-3-6-10(9)15(17)18/h2-4,7-10H,5-6H2,1H3,(H,17,18)/t9-,10+/m1/s1. The molecule has 0 unspecified atom stereocenters. The highest BCUT2D eigenvalue weighted by molar-refractivity contribution is 5.80. The molecule has 1 N–H and O–H groups in total. The van der Waals surface area contributed by atoms with Gasteiger partial charge in [0.05, 0.1) is 18.9 Å². The number of nitrogens with zero attached hydrogens (tertiary/aromatic N) is 1. The predicted molar refractivity (Wildman–Crippen MR) is 72.8 cm³/mol. The van der Waals surface area contributed by atoms with E-state index in [0.717, 1.165) is 0 Å². The lowest BCUT2D eigenvalue weighted by Gasteiger charge is -2.21. The topological polar surface area (TPSA) is 72.6 Å². The lowest BCUT2D eigenvalue weighted by molar-refractivity contribution is -0.142. The van der Waals surface area contributed by atoms with Crippen LogP contribution in [-0.2, 0) is 4.79 Å². The first-order valence-electron chi connectivity index (χ1n) is 6.52. The Morgan fingerprint density at radius 1 is 1.40 bits per heavy atom. The van der Waals surface area contributed by atoms with Crippen molar-refractivity contribution in [2.24, 2.45) is 5.92 Å². The van der Waals surface area contributed by atoms with Gasteiger partial charge in [0.25, 0.3) is 0 Å². The van der Waals surface area contributed by atoms with E-state index in [-0.39, 0.29) is 5.92 Å². The number of aliphatic carboxylic acids is 1. The van der Waals surface area contributed by atoms with Gasteiger partial charge in [0, 0.05) is 0 Å². The predicted octanol–water partition coefficient (Wildman–Crippen LogP) is 2.97. The van der Waals surface area contributed by atoms with Gasteiger partial charge in [-0.15, -0.1) is 0 Å². The molecule has 20 heavy (non-hydrogen) atoms. The highest BCUT2D eigenvalue weighted by Gasteiger charge is 2.33. The summed E-state index contributed by atoms with van der Waals surface area (Å²) in [5.41, 5.74) is 1.27. The minimum atomic E-state index is -0.812. The van der Waals surface area contributed by atoms with Gasteiger partial charge in [-0.1, -0.05) is 18.2 Å². The zero-order chi connectivity index (χ0) is 14.1. The molecule has 1 aliphatic rings. The molecule has 5 heteroatoms. The molecule has 0 saturated heterocycles. The fourth-order valence-corrected chi connectivity index (χ4v) is 2.62. The van der Waals surface area contributed by atoms with Crippen molar-refractivity contribution in [3.63, 3.8) is 0 Å². The molecule has 1 aromatic heterocycles. The molecule has 0 fully saturated rings. The van der Waals surface area contributed by atoms with Crippen LogP contribution in [0.3, 0.4) is 0 Å². The summed E-state index contributed by atoms with van der Waals surface area (Å²) in [6.07, 6.45) is 5.02. The SMILES string of the molecule is COc1cccc2oc([C@@H]3CC=CC[C@@H]3C(=O)O)nc12. The first-order valence-corrected chi connectivity index (χ1v) is 6.52. The second-order valence-electron chi connectivity index (χ2n) is 4.85. The van der Waals surface area contributed by atoms with Crippen LogP contribution in [0.25, 0.3) is 11.1 Å². The molecule has 0 spiro atoms. The molecule has 1 aromatic carbocycles. The molecule has 0 amide bonds. The Hall–Kier alpha value is -2.30. The monoisotopic (exact) mass is 273 g/mol. The molecular formula is C15H15NO4. The van der Waals surface area contributed by atoms with Crippen LogP contribution in [0.15, 0.2) is 34.8 Å². The van der Waals surface area contributed by atoms with E-state index >= 15 is 0 Å². The maximum Gasteiger partial charge on any atom is 0.307 e. The summed E-state index contributed by atoms with van der Waals surface area (Å²) in [5.74, 6) is -0.417. The number of para-hydroxylation sites is 1. The Labute approximate surface area is 115 Å². The molecular weight excluding hydrogens is 258 g/mol. The molecule has 104 valence electrons. The lowest BCUT2D eigenvalue weighted by atomic mass is 9.83. The molecule has 0 saturated carbocycles. The minimum absolute atomic E-state index is 0.227. The van der Waals surface area contributed by atoms with Gasteiger partial charge >= 0.3 is 5.97 Å². The molecule has 5 nitrogen and oxygen atoms in total. The zero-order valence-corrected chi connectivity index (χ0v) is 11.1. The van der Waals surface area contributed by atoms with Crippen molar-refractivity contribution in [1.82, 2.24) is 4.98 Å². The fourth-order valence-electron chi connectivity index (χ4n) is 2.62. The van der Waals surface area contributed by atoms with Crippen LogP contribution < -0.4 is 4.74 Å². The van der Waals surface area contributed by atoms with Crippen molar-refractivity contribution >= 4 is 17.1 Å². The number of methoxy groups -OCH3 is 1. The number of carboxylic acids is 1. The van der Waals surface area contributed by atoms with Gasteiger partial charge in [-0.05, 0) is 25.0 Å². The molecule has 1 heterocycles. The van der Waals surface area contributed by atoms with Crippen molar-refractivity contribution in [2.45, 2.75) is 18.8 Å². The van der Waals surface area contributed by atoms with Gasteiger partial charge in [0.2, 0.25) is 0 Å². The maximum atomic E-state index is 11.3. The number of fused-ring (bicyclic) bond motifs is 1. The van der Waals surface area contributed by atoms with Crippen molar-refractivity contribution in [1.29, 1.82) is 0 Å². The number of rotatable bonds is 3. The smallest absolute Gasteiger partial charge is 0.307 e. The van der Waals surface area contributed by atoms with E-state index in [1.54, 1.807) is 7.11 Å². The van der Waals surface area contributed by atoms with Crippen LogP contribution in [0.2, 0.25) is 0 Å². The normalized spacial score (nSPS) is 22.1. The maximum absolute atomic E-state index is 11.3. The summed E-state index contributed by atoms with van der Waals surface area (Å²) in [6.45, 7) is 0. The molecule has 1 aliphatic carbocycles. The lowest BCUT2D eigenvalue weighted by Crippen LogP contribution is -2.23. The number of oxazole rings is 1. The Kier molecular flexibility index (Phi) is 3.18. The summed E-state index contributed by atoms with van der Waals surface area (Å²) in [5, 5.41) is 9.32. The number of ether oxygens (including phenoxy) is 1. The largest absolute Gasteiger partial charge is 0.494 e. The first-order chi connectivity index (χ1) is 9.70. The third-order valence-corrected chi connectivity index (χ3v) is 3.69. The number of allylic oxidation sites excluding steroid dienone is 2. The number of aromatic nitrogens is 1. The van der Waals surface area contributed by atoms with Crippen molar-refractivity contribution in [2.75, 3.05) is 7.11 Å². The average molecular weight is 273 g/mol. The Balaban J connectivity index is 2.05. The van der Waals surface area contributed by atoms with Crippen LogP contribution in [0.4, 0.5) is 0 Å². The average Bonchev–Trinajstić information content (AvgIpc) is 2.90. The molecule has 2 aromatic rings. The van der Waals surface area contributed by atoms with Crippen LogP contribution in [-0.4, -0.2) is 23.2 Å². The zero-order valence-electron chi connectivity index (χ0n) is 11.1. The van der Waals surface area contributed by atoms with Crippen LogP contribution in [0.5, 0.6) is 5.75 Å². The van der Waals surface area contributed by atoms with E-state index in [1.807, 2.05) is 30.4 Å². The van der Waals surface area contributed by atoms with Crippen molar-refractivity contribution in [3.05, 3.63) is 36.2 Å². The Bertz CT molecular complexity index is 674. The van der Waals surface area contributed by atoms with Gasteiger partial charge in [-0.3, -0.25) is 4.79 Å². The van der Waals surface area contributed by atoms with Crippen molar-refractivity contribution < 1.29 is 19.1 Å². The Morgan fingerprint density at radius 2 is 2.20 bits per heavy atom. The van der Waals surface area contributed by atoms with Gasteiger partial charge in [-0.2, -0.15) is 0 Å². The molecule has 0 bridgehead atoms. The third kappa shape index (κ3) is 2.05. The van der Waals surface area contributed by atoms with Crippen LogP contribution >= 0.6 is 0 Å². The number of carboxylic acid groups (broad SMARTS) is 1. The summed E-state index contributed by atoms with van der Waals surface area (Å²) in [6, 6.07) is 5.44. The van der Waals surface area contributed by atoms with Crippen LogP contribution in [0.1, 0.15) is 24.7 Å². The quantitative estimate of drug-likeness (QED) is 0.870. The minimum Gasteiger partial charge on any atom is -0.494 e. The second kappa shape index (κ2) is 5.00. The van der Waals surface area contributed by atoms with Crippen LogP contribution in [0, 0.1) is 5.92 Å². The molecule has 3 rings (SSSR count). The van der Waals surface area contributed by atoms with E-state index in [4.69, 9.17) is 9.15 Å². The number of carbonyl (C=O) groups is 1. The highest BCUT2D eigenvalue weighted by Crippen LogP contribution is 2.37. The van der Waals surface area contributed by atoms with E-state index in [0.29, 0.717) is 35.6 Å². The molecule has 2 atom stereocenters. The summed E-state index contributed by atoms with van der Waals surface area (Å²) in [4.78, 5) is 15.8. The van der Waals surface area contributed by atoms with E-state index in [9.17, 15) is 9.90 Å². The first kappa shape index (κ1) is 12.7. The summed E-state index contributed by atoms with van der Waals surface area (Å²) < 4.78 is 11.0. The Morgan fingerprint density at radius 3 is 2.95 bits per heavy atom. The second-order valence-corrected chi connectivity index (χ2v) is 4.85. The highest BCUT2D eigenvalue weighted by atomic mass is 16.5. The number of hydrogen-bond acceptors (Lipinski definition) is 4. The number of hydrogen-bond donors (Lipinski definition) is 1. The van der Waals surface area contributed by atoms with Gasteiger partial charge in [0.15, 0.2) is 17.0 Å². The summed E-state index contributed by atoms with van der Waals surface area (Å²) >= 11 is 0. The number of benzene rings is 1. The van der Waals surface area contributed by atoms with Gasteiger partial charge < -0.3 is 14.3 Å². The van der Waals surface area contributed by atoms with Gasteiger partial charge in [-0.25, -0.2) is 4.98 Å². The van der Waals surface area contributed by atoms with E-state index in [1.165, 1.54) is 0 Å². The van der Waals surface area contributed by atoms with Crippen molar-refractivity contribution in [3.8, 4) is 5.75 Å². The van der Waals surface area contributed by atoms with E-state index in [2.05, 4.69) is 4.98 Å². The summed E-state index contributed by atoms with van der Waals surface area (Å²) in [7, 11) is 1.58. The van der Waals surface area contributed by atoms with E-state index < -0.39 is 11.9 Å².